The maximum Gasteiger partial charge on any atom is 0.224 e. The van der Waals surface area contributed by atoms with Crippen molar-refractivity contribution in [2.75, 3.05) is 5.32 Å². The Balaban J connectivity index is 1.61. The third-order valence-electron chi connectivity index (χ3n) is 3.12. The standard InChI is InChI=1S/C15H14N4O/c20-15(4-1-11-5-7-16-8-6-11)18-13-3-2-12-10-17-19-14(12)9-13/h2-3,5-10H,1,4H2,(H,17,19)(H,18,20). The van der Waals surface area contributed by atoms with E-state index in [2.05, 4.69) is 20.5 Å². The van der Waals surface area contributed by atoms with E-state index in [1.807, 2.05) is 30.3 Å². The van der Waals surface area contributed by atoms with Crippen molar-refractivity contribution in [3.05, 3.63) is 54.5 Å². The number of fused-ring (bicyclic) bond motifs is 1. The van der Waals surface area contributed by atoms with Crippen molar-refractivity contribution in [3.8, 4) is 0 Å². The van der Waals surface area contributed by atoms with Crippen LogP contribution in [0.15, 0.2) is 48.9 Å². The number of carbonyl (C=O) groups is 1. The van der Waals surface area contributed by atoms with E-state index in [0.717, 1.165) is 22.2 Å². The molecule has 0 saturated heterocycles. The minimum atomic E-state index is 0.000627. The second-order valence-corrected chi connectivity index (χ2v) is 4.58. The van der Waals surface area contributed by atoms with Gasteiger partial charge in [0, 0.05) is 29.9 Å². The Morgan fingerprint density at radius 2 is 2.05 bits per heavy atom. The molecule has 2 heterocycles. The number of pyridine rings is 1. The molecule has 0 atom stereocenters. The maximum atomic E-state index is 11.9. The molecular weight excluding hydrogens is 252 g/mol. The number of hydrogen-bond donors (Lipinski definition) is 2. The highest BCUT2D eigenvalue weighted by molar-refractivity contribution is 5.93. The van der Waals surface area contributed by atoms with Crippen LogP contribution in [-0.2, 0) is 11.2 Å². The Morgan fingerprint density at radius 3 is 2.90 bits per heavy atom. The van der Waals surface area contributed by atoms with Crippen molar-refractivity contribution in [1.29, 1.82) is 0 Å². The molecule has 0 saturated carbocycles. The molecule has 2 aromatic heterocycles. The first kappa shape index (κ1) is 12.3. The quantitative estimate of drug-likeness (QED) is 0.762. The summed E-state index contributed by atoms with van der Waals surface area (Å²) >= 11 is 0. The van der Waals surface area contributed by atoms with Crippen LogP contribution < -0.4 is 5.32 Å². The zero-order chi connectivity index (χ0) is 13.8. The molecule has 2 N–H and O–H groups in total. The molecule has 0 spiro atoms. The van der Waals surface area contributed by atoms with Gasteiger partial charge >= 0.3 is 0 Å². The van der Waals surface area contributed by atoms with E-state index in [1.165, 1.54) is 0 Å². The van der Waals surface area contributed by atoms with Crippen molar-refractivity contribution in [2.45, 2.75) is 12.8 Å². The van der Waals surface area contributed by atoms with Gasteiger partial charge in [-0.05, 0) is 42.3 Å². The van der Waals surface area contributed by atoms with Crippen LogP contribution in [0.1, 0.15) is 12.0 Å². The Morgan fingerprint density at radius 1 is 1.20 bits per heavy atom. The Hall–Kier alpha value is -2.69. The van der Waals surface area contributed by atoms with Crippen LogP contribution in [0.25, 0.3) is 10.9 Å². The number of nitrogens with one attached hydrogen (secondary N) is 2. The van der Waals surface area contributed by atoms with Crippen molar-refractivity contribution < 1.29 is 4.79 Å². The number of aromatic amines is 1. The number of aromatic nitrogens is 3. The van der Waals surface area contributed by atoms with Crippen LogP contribution in [0.4, 0.5) is 5.69 Å². The molecule has 0 fully saturated rings. The summed E-state index contributed by atoms with van der Waals surface area (Å²) in [5.74, 6) is 0.000627. The first-order valence-corrected chi connectivity index (χ1v) is 6.43. The van der Waals surface area contributed by atoms with Gasteiger partial charge in [-0.25, -0.2) is 0 Å². The Bertz CT molecular complexity index is 721. The predicted molar refractivity (Wildman–Crippen MR) is 77.3 cm³/mol. The Kier molecular flexibility index (Phi) is 3.41. The fourth-order valence-corrected chi connectivity index (χ4v) is 2.05. The molecule has 0 radical (unpaired) electrons. The lowest BCUT2D eigenvalue weighted by Gasteiger charge is -2.05. The third-order valence-corrected chi connectivity index (χ3v) is 3.12. The number of hydrogen-bond acceptors (Lipinski definition) is 3. The third kappa shape index (κ3) is 2.83. The molecule has 0 aliphatic heterocycles. The van der Waals surface area contributed by atoms with Gasteiger partial charge in [0.1, 0.15) is 0 Å². The Labute approximate surface area is 116 Å². The normalized spacial score (nSPS) is 10.6. The first-order valence-electron chi connectivity index (χ1n) is 6.43. The fourth-order valence-electron chi connectivity index (χ4n) is 2.05. The fraction of sp³-hybridized carbons (Fsp3) is 0.133. The van der Waals surface area contributed by atoms with Crippen molar-refractivity contribution in [1.82, 2.24) is 15.2 Å². The van der Waals surface area contributed by atoms with Gasteiger partial charge in [0.05, 0.1) is 11.7 Å². The van der Waals surface area contributed by atoms with E-state index in [1.54, 1.807) is 18.6 Å². The van der Waals surface area contributed by atoms with E-state index in [-0.39, 0.29) is 5.91 Å². The van der Waals surface area contributed by atoms with Gasteiger partial charge in [-0.1, -0.05) is 0 Å². The number of H-pyrrole nitrogens is 1. The minimum Gasteiger partial charge on any atom is -0.326 e. The summed E-state index contributed by atoms with van der Waals surface area (Å²) < 4.78 is 0. The lowest BCUT2D eigenvalue weighted by molar-refractivity contribution is -0.116. The zero-order valence-electron chi connectivity index (χ0n) is 10.8. The number of nitrogens with zero attached hydrogens (tertiary/aromatic N) is 2. The predicted octanol–water partition coefficient (Wildman–Crippen LogP) is 2.53. The van der Waals surface area contributed by atoms with Crippen LogP contribution in [0.3, 0.4) is 0 Å². The van der Waals surface area contributed by atoms with E-state index >= 15 is 0 Å². The van der Waals surface area contributed by atoms with Gasteiger partial charge in [-0.3, -0.25) is 14.9 Å². The van der Waals surface area contributed by atoms with Crippen LogP contribution in [0, 0.1) is 0 Å². The molecule has 100 valence electrons. The van der Waals surface area contributed by atoms with Gasteiger partial charge in [0.15, 0.2) is 0 Å². The van der Waals surface area contributed by atoms with Gasteiger partial charge < -0.3 is 5.32 Å². The number of amides is 1. The first-order chi connectivity index (χ1) is 9.81. The molecule has 0 unspecified atom stereocenters. The molecule has 0 bridgehead atoms. The van der Waals surface area contributed by atoms with Crippen LogP contribution in [-0.4, -0.2) is 21.1 Å². The number of rotatable bonds is 4. The minimum absolute atomic E-state index is 0.000627. The number of anilines is 1. The molecule has 0 aliphatic rings. The lowest BCUT2D eigenvalue weighted by Crippen LogP contribution is -2.12. The monoisotopic (exact) mass is 266 g/mol. The van der Waals surface area contributed by atoms with Crippen molar-refractivity contribution >= 4 is 22.5 Å². The highest BCUT2D eigenvalue weighted by atomic mass is 16.1. The van der Waals surface area contributed by atoms with Gasteiger partial charge in [-0.15, -0.1) is 0 Å². The summed E-state index contributed by atoms with van der Waals surface area (Å²) in [4.78, 5) is 15.9. The molecule has 20 heavy (non-hydrogen) atoms. The van der Waals surface area contributed by atoms with E-state index < -0.39 is 0 Å². The van der Waals surface area contributed by atoms with E-state index in [9.17, 15) is 4.79 Å². The van der Waals surface area contributed by atoms with Crippen LogP contribution in [0.2, 0.25) is 0 Å². The SMILES string of the molecule is O=C(CCc1ccncc1)Nc1ccc2cn[nH]c2c1. The second kappa shape index (κ2) is 5.52. The van der Waals surface area contributed by atoms with Gasteiger partial charge in [0.25, 0.3) is 0 Å². The van der Waals surface area contributed by atoms with Gasteiger partial charge in [-0.2, -0.15) is 5.10 Å². The molecule has 1 amide bonds. The molecule has 0 aliphatic carbocycles. The summed E-state index contributed by atoms with van der Waals surface area (Å²) in [6, 6.07) is 9.53. The molecule has 5 nitrogen and oxygen atoms in total. The maximum absolute atomic E-state index is 11.9. The average Bonchev–Trinajstić information content (AvgIpc) is 2.94. The van der Waals surface area contributed by atoms with Crippen LogP contribution in [0.5, 0.6) is 0 Å². The smallest absolute Gasteiger partial charge is 0.224 e. The topological polar surface area (TPSA) is 70.7 Å². The largest absolute Gasteiger partial charge is 0.326 e. The van der Waals surface area contributed by atoms with Crippen LogP contribution >= 0.6 is 0 Å². The highest BCUT2D eigenvalue weighted by Crippen LogP contribution is 2.16. The number of aryl methyl sites for hydroxylation is 1. The average molecular weight is 266 g/mol. The summed E-state index contributed by atoms with van der Waals surface area (Å²) in [6.07, 6.45) is 6.38. The molecule has 3 rings (SSSR count). The summed E-state index contributed by atoms with van der Waals surface area (Å²) in [5, 5.41) is 10.8. The highest BCUT2D eigenvalue weighted by Gasteiger charge is 2.04. The lowest BCUT2D eigenvalue weighted by atomic mass is 10.1. The van der Waals surface area contributed by atoms with Crippen molar-refractivity contribution in [3.63, 3.8) is 0 Å². The second-order valence-electron chi connectivity index (χ2n) is 4.58. The molecule has 5 heteroatoms. The molecule has 1 aromatic carbocycles. The van der Waals surface area contributed by atoms with E-state index in [0.29, 0.717) is 12.8 Å². The van der Waals surface area contributed by atoms with E-state index in [4.69, 9.17) is 0 Å². The van der Waals surface area contributed by atoms with Gasteiger partial charge in [0.2, 0.25) is 5.91 Å². The number of benzene rings is 1. The molecular formula is C15H14N4O. The number of carbonyl (C=O) groups excluding carboxylic acids is 1. The summed E-state index contributed by atoms with van der Waals surface area (Å²) in [7, 11) is 0. The van der Waals surface area contributed by atoms with Crippen molar-refractivity contribution in [2.24, 2.45) is 0 Å². The molecule has 3 aromatic rings. The summed E-state index contributed by atoms with van der Waals surface area (Å²) in [6.45, 7) is 0. The summed E-state index contributed by atoms with van der Waals surface area (Å²) in [5.41, 5.74) is 2.80. The zero-order valence-corrected chi connectivity index (χ0v) is 10.8.